The molecule has 4 aromatic carbocycles. The molecule has 13 heteroatoms. The van der Waals surface area contributed by atoms with Crippen LogP contribution in [0.4, 0.5) is 22.0 Å². The van der Waals surface area contributed by atoms with Gasteiger partial charge in [-0.15, -0.1) is 0 Å². The Morgan fingerprint density at radius 2 is 1.74 bits per heavy atom. The van der Waals surface area contributed by atoms with Gasteiger partial charge in [-0.1, -0.05) is 76.0 Å². The van der Waals surface area contributed by atoms with E-state index in [1.54, 1.807) is 36.4 Å². The van der Waals surface area contributed by atoms with Crippen molar-refractivity contribution in [3.05, 3.63) is 117 Å². The Balaban J connectivity index is 1.34. The van der Waals surface area contributed by atoms with Crippen molar-refractivity contribution in [1.82, 2.24) is 5.32 Å². The summed E-state index contributed by atoms with van der Waals surface area (Å²) in [6.45, 7) is 0.0499. The Bertz CT molecular complexity index is 1740. The Morgan fingerprint density at radius 3 is 2.44 bits per heavy atom. The summed E-state index contributed by atoms with van der Waals surface area (Å²) in [5, 5.41) is 9.92. The summed E-state index contributed by atoms with van der Waals surface area (Å²) >= 11 is 11.6. The van der Waals surface area contributed by atoms with E-state index in [2.05, 4.69) is 15.6 Å². The summed E-state index contributed by atoms with van der Waals surface area (Å²) in [5.74, 6) is -1.92. The van der Waals surface area contributed by atoms with Gasteiger partial charge in [-0.3, -0.25) is 4.79 Å². The highest BCUT2D eigenvalue weighted by Crippen LogP contribution is 2.50. The minimum absolute atomic E-state index is 0.00943. The minimum atomic E-state index is -4.97. The molecule has 4 aromatic rings. The van der Waals surface area contributed by atoms with E-state index in [0.717, 1.165) is 12.1 Å². The molecule has 0 radical (unpaired) electrons. The van der Waals surface area contributed by atoms with Gasteiger partial charge in [-0.25, -0.2) is 8.78 Å². The highest BCUT2D eigenvalue weighted by atomic mass is 35.5. The third kappa shape index (κ3) is 6.14. The molecular weight excluding hydrogens is 616 g/mol. The van der Waals surface area contributed by atoms with Crippen LogP contribution in [0.5, 0.6) is 0 Å². The third-order valence-corrected chi connectivity index (χ3v) is 7.29. The predicted octanol–water partition coefficient (Wildman–Crippen LogP) is 7.94. The second-order valence-corrected chi connectivity index (χ2v) is 10.3. The smallest absolute Gasteiger partial charge is 0.391 e. The predicted molar refractivity (Wildman–Crippen MR) is 152 cm³/mol. The first kappa shape index (κ1) is 30.2. The largest absolute Gasteiger partial charge is 0.435 e. The summed E-state index contributed by atoms with van der Waals surface area (Å²) in [6, 6.07) is 17.1. The molecule has 0 fully saturated rings. The number of nitrogens with one attached hydrogen (secondary N) is 1. The molecule has 5 rings (SSSR count). The SMILES string of the molecule is O=C(NCC=NOCc1cccc(F)c1)c1ccc(C2=NOC(c3cc(Cl)c(F)c(Cl)c3)(C(F)(F)F)C2)c2ccccc12. The molecule has 1 aliphatic heterocycles. The van der Waals surface area contributed by atoms with Crippen LogP contribution in [0.15, 0.2) is 83.1 Å². The lowest BCUT2D eigenvalue weighted by atomic mass is 9.85. The van der Waals surface area contributed by atoms with Gasteiger partial charge in [-0.2, -0.15) is 13.2 Å². The quantitative estimate of drug-likeness (QED) is 0.0924. The summed E-state index contributed by atoms with van der Waals surface area (Å²) in [5.41, 5.74) is -2.35. The fourth-order valence-corrected chi connectivity index (χ4v) is 5.13. The Labute approximate surface area is 251 Å². The van der Waals surface area contributed by atoms with E-state index in [1.807, 2.05) is 0 Å². The summed E-state index contributed by atoms with van der Waals surface area (Å²) in [4.78, 5) is 23.1. The van der Waals surface area contributed by atoms with E-state index in [1.165, 1.54) is 30.5 Å². The van der Waals surface area contributed by atoms with Crippen molar-refractivity contribution in [1.29, 1.82) is 0 Å². The molecule has 0 bridgehead atoms. The summed E-state index contributed by atoms with van der Waals surface area (Å²) < 4.78 is 70.6. The molecule has 1 unspecified atom stereocenters. The number of fused-ring (bicyclic) bond motifs is 1. The molecule has 0 saturated carbocycles. The zero-order valence-corrected chi connectivity index (χ0v) is 23.4. The van der Waals surface area contributed by atoms with Crippen LogP contribution in [0, 0.1) is 11.6 Å². The van der Waals surface area contributed by atoms with E-state index < -0.39 is 51.3 Å². The molecule has 1 N–H and O–H groups in total. The zero-order valence-electron chi connectivity index (χ0n) is 21.9. The van der Waals surface area contributed by atoms with Gasteiger partial charge in [0.25, 0.3) is 11.5 Å². The second-order valence-electron chi connectivity index (χ2n) is 9.49. The number of oxime groups is 2. The molecule has 0 aliphatic carbocycles. The fourth-order valence-electron chi connectivity index (χ4n) is 4.65. The molecule has 222 valence electrons. The number of nitrogens with zero attached hydrogens (tertiary/aromatic N) is 2. The van der Waals surface area contributed by atoms with Crippen LogP contribution in [0.3, 0.4) is 0 Å². The van der Waals surface area contributed by atoms with Crippen LogP contribution in [0.1, 0.15) is 33.5 Å². The lowest BCUT2D eigenvalue weighted by Gasteiger charge is -2.29. The number of rotatable bonds is 8. The minimum Gasteiger partial charge on any atom is -0.391 e. The normalized spacial score (nSPS) is 16.8. The molecule has 1 heterocycles. The van der Waals surface area contributed by atoms with Crippen molar-refractivity contribution in [2.24, 2.45) is 10.3 Å². The molecule has 43 heavy (non-hydrogen) atoms. The zero-order chi connectivity index (χ0) is 30.8. The number of halogens is 7. The van der Waals surface area contributed by atoms with Gasteiger partial charge in [0.05, 0.1) is 28.5 Å². The molecule has 6 nitrogen and oxygen atoms in total. The number of hydrogen-bond acceptors (Lipinski definition) is 5. The van der Waals surface area contributed by atoms with Crippen molar-refractivity contribution in [2.75, 3.05) is 6.54 Å². The maximum atomic E-state index is 14.5. The van der Waals surface area contributed by atoms with E-state index in [4.69, 9.17) is 32.9 Å². The summed E-state index contributed by atoms with van der Waals surface area (Å²) in [7, 11) is 0. The van der Waals surface area contributed by atoms with Gasteiger partial charge < -0.3 is 15.0 Å². The van der Waals surface area contributed by atoms with E-state index in [-0.39, 0.29) is 24.4 Å². The van der Waals surface area contributed by atoms with Crippen molar-refractivity contribution in [2.45, 2.75) is 24.8 Å². The van der Waals surface area contributed by atoms with Gasteiger partial charge in [0.2, 0.25) is 0 Å². The topological polar surface area (TPSA) is 72.3 Å². The van der Waals surface area contributed by atoms with Crippen molar-refractivity contribution in [3.63, 3.8) is 0 Å². The van der Waals surface area contributed by atoms with Crippen LogP contribution in [0.2, 0.25) is 10.0 Å². The van der Waals surface area contributed by atoms with E-state index >= 15 is 0 Å². The number of benzene rings is 4. The molecule has 0 saturated heterocycles. The van der Waals surface area contributed by atoms with E-state index in [0.29, 0.717) is 21.9 Å². The van der Waals surface area contributed by atoms with Crippen LogP contribution in [-0.2, 0) is 21.9 Å². The first-order chi connectivity index (χ1) is 20.5. The molecule has 1 atom stereocenters. The fraction of sp³-hybridized carbons (Fsp3) is 0.167. The molecule has 0 aromatic heterocycles. The number of amides is 1. The van der Waals surface area contributed by atoms with Gasteiger partial charge in [0.15, 0.2) is 5.82 Å². The average molecular weight is 636 g/mol. The molecule has 1 aliphatic rings. The Hall–Kier alpha value is -4.22. The highest BCUT2D eigenvalue weighted by molar-refractivity contribution is 6.35. The number of hydrogen-bond donors (Lipinski definition) is 1. The van der Waals surface area contributed by atoms with Gasteiger partial charge in [0.1, 0.15) is 12.4 Å². The maximum Gasteiger partial charge on any atom is 0.435 e. The van der Waals surface area contributed by atoms with Crippen molar-refractivity contribution >= 4 is 51.8 Å². The van der Waals surface area contributed by atoms with Gasteiger partial charge in [0, 0.05) is 23.1 Å². The highest BCUT2D eigenvalue weighted by Gasteiger charge is 2.62. The first-order valence-electron chi connectivity index (χ1n) is 12.7. The summed E-state index contributed by atoms with van der Waals surface area (Å²) in [6.07, 6.45) is -4.40. The van der Waals surface area contributed by atoms with Crippen LogP contribution >= 0.6 is 23.2 Å². The van der Waals surface area contributed by atoms with Crippen molar-refractivity contribution in [3.8, 4) is 0 Å². The Kier molecular flexibility index (Phi) is 8.57. The number of carbonyl (C=O) groups excluding carboxylic acids is 1. The van der Waals surface area contributed by atoms with Gasteiger partial charge in [-0.05, 0) is 46.7 Å². The number of carbonyl (C=O) groups is 1. The van der Waals surface area contributed by atoms with Crippen LogP contribution < -0.4 is 5.32 Å². The van der Waals surface area contributed by atoms with E-state index in [9.17, 15) is 26.7 Å². The Morgan fingerprint density at radius 1 is 1.02 bits per heavy atom. The maximum absolute atomic E-state index is 14.5. The van der Waals surface area contributed by atoms with Gasteiger partial charge >= 0.3 is 6.18 Å². The van der Waals surface area contributed by atoms with Crippen molar-refractivity contribution < 1.29 is 36.4 Å². The lowest BCUT2D eigenvalue weighted by molar-refractivity contribution is -0.275. The molecular formula is C30H20Cl2F5N3O3. The second kappa shape index (κ2) is 12.2. The standard InChI is InChI=1S/C30H20Cl2F5N3O3/c31-24-13-18(14-25(32)27(24)34)29(30(35,36)37)15-26(40-43-29)22-8-9-23(21-7-2-1-6-20(21)22)28(41)38-10-11-39-42-16-17-4-3-5-19(33)12-17/h1-9,11-14H,10,15-16H2,(H,38,41). The van der Waals surface area contributed by atoms with Crippen LogP contribution in [0.25, 0.3) is 10.8 Å². The third-order valence-electron chi connectivity index (χ3n) is 6.74. The van der Waals surface area contributed by atoms with Crippen LogP contribution in [-0.4, -0.2) is 30.6 Å². The average Bonchev–Trinajstić information content (AvgIpc) is 3.44. The number of alkyl halides is 3. The molecule has 0 spiro atoms. The first-order valence-corrected chi connectivity index (χ1v) is 13.4. The molecule has 1 amide bonds. The lowest BCUT2D eigenvalue weighted by Crippen LogP contribution is -2.42. The monoisotopic (exact) mass is 635 g/mol.